The Kier molecular flexibility index (Phi) is 6.52. The molecule has 0 spiro atoms. The predicted molar refractivity (Wildman–Crippen MR) is 95.0 cm³/mol. The highest BCUT2D eigenvalue weighted by Crippen LogP contribution is 2.28. The van der Waals surface area contributed by atoms with Crippen LogP contribution in [-0.2, 0) is 6.54 Å². The monoisotopic (exact) mass is 353 g/mol. The molecular weight excluding hydrogens is 326 g/mol. The van der Waals surface area contributed by atoms with Crippen LogP contribution in [0.2, 0.25) is 0 Å². The fourth-order valence-electron chi connectivity index (χ4n) is 3.03. The molecule has 118 valence electrons. The molecule has 0 atom stereocenters. The number of hydrogen-bond acceptors (Lipinski definition) is 3. The van der Waals surface area contributed by atoms with Crippen LogP contribution >= 0.6 is 15.9 Å². The smallest absolute Gasteiger partial charge is 0.0377 e. The van der Waals surface area contributed by atoms with E-state index in [-0.39, 0.29) is 0 Å². The van der Waals surface area contributed by atoms with E-state index >= 15 is 0 Å². The van der Waals surface area contributed by atoms with Crippen LogP contribution < -0.4 is 10.2 Å². The molecule has 1 N–H and O–H groups in total. The Hall–Kier alpha value is -0.580. The van der Waals surface area contributed by atoms with Gasteiger partial charge in [0.1, 0.15) is 0 Å². The maximum atomic E-state index is 3.72. The lowest BCUT2D eigenvalue weighted by Crippen LogP contribution is -2.37. The van der Waals surface area contributed by atoms with Crippen LogP contribution in [0.25, 0.3) is 0 Å². The first kappa shape index (κ1) is 16.8. The minimum absolute atomic E-state index is 0.854. The molecule has 0 aliphatic carbocycles. The summed E-state index contributed by atoms with van der Waals surface area (Å²) in [6.45, 7) is 7.66. The average Bonchev–Trinajstić information content (AvgIpc) is 2.46. The molecule has 1 fully saturated rings. The van der Waals surface area contributed by atoms with E-state index in [9.17, 15) is 0 Å². The molecule has 0 bridgehead atoms. The lowest BCUT2D eigenvalue weighted by atomic mass is 9.96. The third-order valence-electron chi connectivity index (χ3n) is 4.21. The van der Waals surface area contributed by atoms with E-state index in [4.69, 9.17) is 0 Å². The van der Waals surface area contributed by atoms with Crippen molar-refractivity contribution in [3.63, 3.8) is 0 Å². The second kappa shape index (κ2) is 8.16. The first-order valence-electron chi connectivity index (χ1n) is 7.99. The maximum absolute atomic E-state index is 3.72. The van der Waals surface area contributed by atoms with Crippen LogP contribution in [0, 0.1) is 5.92 Å². The van der Waals surface area contributed by atoms with Crippen molar-refractivity contribution in [3.8, 4) is 0 Å². The number of halogens is 1. The maximum Gasteiger partial charge on any atom is 0.0377 e. The zero-order valence-electron chi connectivity index (χ0n) is 13.5. The first-order valence-corrected chi connectivity index (χ1v) is 8.78. The van der Waals surface area contributed by atoms with E-state index in [2.05, 4.69) is 70.3 Å². The van der Waals surface area contributed by atoms with Crippen molar-refractivity contribution < 1.29 is 0 Å². The van der Waals surface area contributed by atoms with Crippen LogP contribution in [-0.4, -0.2) is 45.2 Å². The molecule has 1 aromatic carbocycles. The highest BCUT2D eigenvalue weighted by molar-refractivity contribution is 9.10. The molecule has 1 aromatic rings. The molecule has 1 aliphatic heterocycles. The molecule has 21 heavy (non-hydrogen) atoms. The van der Waals surface area contributed by atoms with Gasteiger partial charge in [-0.05, 0) is 57.1 Å². The number of nitrogens with zero attached hydrogens (tertiary/aromatic N) is 2. The minimum atomic E-state index is 0.854. The Bertz CT molecular complexity index is 440. The lowest BCUT2D eigenvalue weighted by molar-refractivity contribution is 0.285. The van der Waals surface area contributed by atoms with Gasteiger partial charge in [-0.2, -0.15) is 0 Å². The highest BCUT2D eigenvalue weighted by Gasteiger charge is 2.20. The van der Waals surface area contributed by atoms with Gasteiger partial charge in [0.2, 0.25) is 0 Å². The zero-order chi connectivity index (χ0) is 15.2. The largest absolute Gasteiger partial charge is 0.371 e. The van der Waals surface area contributed by atoms with Gasteiger partial charge >= 0.3 is 0 Å². The summed E-state index contributed by atoms with van der Waals surface area (Å²) >= 11 is 3.72. The molecule has 1 heterocycles. The summed E-state index contributed by atoms with van der Waals surface area (Å²) < 4.78 is 1.22. The molecule has 1 saturated heterocycles. The summed E-state index contributed by atoms with van der Waals surface area (Å²) in [5, 5.41) is 3.38. The molecule has 0 saturated carbocycles. The van der Waals surface area contributed by atoms with E-state index in [0.29, 0.717) is 0 Å². The first-order chi connectivity index (χ1) is 10.1. The lowest BCUT2D eigenvalue weighted by Gasteiger charge is -2.35. The molecule has 0 amide bonds. The summed E-state index contributed by atoms with van der Waals surface area (Å²) in [6, 6.07) is 6.79. The molecule has 0 aromatic heterocycles. The van der Waals surface area contributed by atoms with Gasteiger partial charge in [0.05, 0.1) is 0 Å². The third kappa shape index (κ3) is 4.97. The highest BCUT2D eigenvalue weighted by atomic mass is 79.9. The van der Waals surface area contributed by atoms with Crippen molar-refractivity contribution in [1.82, 2.24) is 10.2 Å². The molecule has 0 radical (unpaired) electrons. The van der Waals surface area contributed by atoms with Crippen LogP contribution in [0.4, 0.5) is 5.69 Å². The number of nitrogens with one attached hydrogen (secondary N) is 1. The van der Waals surface area contributed by atoms with Crippen molar-refractivity contribution in [1.29, 1.82) is 0 Å². The van der Waals surface area contributed by atoms with Gasteiger partial charge in [-0.3, -0.25) is 0 Å². The normalized spacial score (nSPS) is 16.7. The van der Waals surface area contributed by atoms with Crippen LogP contribution in [0.1, 0.15) is 25.3 Å². The van der Waals surface area contributed by atoms with E-state index in [1.807, 2.05) is 0 Å². The van der Waals surface area contributed by atoms with Crippen LogP contribution in [0.15, 0.2) is 22.7 Å². The minimum Gasteiger partial charge on any atom is -0.371 e. The van der Waals surface area contributed by atoms with Gasteiger partial charge in [0.15, 0.2) is 0 Å². The second-order valence-electron chi connectivity index (χ2n) is 6.25. The standard InChI is InChI=1S/C17H28BrN3/c1-4-19-12-15-5-6-16(11-17(15)18)21-9-7-14(8-10-21)13-20(2)3/h5-6,11,14,19H,4,7-10,12-13H2,1-3H3. The Morgan fingerprint density at radius 1 is 1.29 bits per heavy atom. The summed E-state index contributed by atoms with van der Waals surface area (Å²) in [7, 11) is 4.35. The Morgan fingerprint density at radius 3 is 2.57 bits per heavy atom. The second-order valence-corrected chi connectivity index (χ2v) is 7.10. The van der Waals surface area contributed by atoms with Gasteiger partial charge in [0, 0.05) is 36.3 Å². The van der Waals surface area contributed by atoms with Gasteiger partial charge < -0.3 is 15.1 Å². The topological polar surface area (TPSA) is 18.5 Å². The van der Waals surface area contributed by atoms with Crippen molar-refractivity contribution in [2.24, 2.45) is 5.92 Å². The fraction of sp³-hybridized carbons (Fsp3) is 0.647. The predicted octanol–water partition coefficient (Wildman–Crippen LogP) is 3.34. The number of anilines is 1. The summed E-state index contributed by atoms with van der Waals surface area (Å²) in [5.74, 6) is 0.854. The van der Waals surface area contributed by atoms with Crippen molar-refractivity contribution in [3.05, 3.63) is 28.2 Å². The molecular formula is C17H28BrN3. The quantitative estimate of drug-likeness (QED) is 0.845. The molecule has 2 rings (SSSR count). The van der Waals surface area contributed by atoms with Gasteiger partial charge in [-0.1, -0.05) is 28.9 Å². The SMILES string of the molecule is CCNCc1ccc(N2CCC(CN(C)C)CC2)cc1Br. The van der Waals surface area contributed by atoms with Crippen molar-refractivity contribution in [2.75, 3.05) is 45.2 Å². The van der Waals surface area contributed by atoms with Crippen molar-refractivity contribution >= 4 is 21.6 Å². The van der Waals surface area contributed by atoms with E-state index in [1.165, 1.54) is 48.2 Å². The summed E-state index contributed by atoms with van der Waals surface area (Å²) in [4.78, 5) is 4.83. The number of rotatable bonds is 6. The van der Waals surface area contributed by atoms with E-state index in [0.717, 1.165) is 19.0 Å². The Morgan fingerprint density at radius 2 is 2.00 bits per heavy atom. The molecule has 0 unspecified atom stereocenters. The summed E-state index contributed by atoms with van der Waals surface area (Å²) in [5.41, 5.74) is 2.69. The Balaban J connectivity index is 1.92. The van der Waals surface area contributed by atoms with Gasteiger partial charge in [0.25, 0.3) is 0 Å². The fourth-order valence-corrected chi connectivity index (χ4v) is 3.53. The molecule has 1 aliphatic rings. The molecule has 3 nitrogen and oxygen atoms in total. The third-order valence-corrected chi connectivity index (χ3v) is 4.94. The van der Waals surface area contributed by atoms with Crippen molar-refractivity contribution in [2.45, 2.75) is 26.3 Å². The number of hydrogen-bond donors (Lipinski definition) is 1. The number of benzene rings is 1. The average molecular weight is 354 g/mol. The van der Waals surface area contributed by atoms with E-state index in [1.54, 1.807) is 0 Å². The zero-order valence-corrected chi connectivity index (χ0v) is 15.1. The van der Waals surface area contributed by atoms with Crippen LogP contribution in [0.5, 0.6) is 0 Å². The molecule has 4 heteroatoms. The van der Waals surface area contributed by atoms with E-state index < -0.39 is 0 Å². The van der Waals surface area contributed by atoms with Crippen LogP contribution in [0.3, 0.4) is 0 Å². The Labute approximate surface area is 137 Å². The summed E-state index contributed by atoms with van der Waals surface area (Å²) in [6.07, 6.45) is 2.60. The van der Waals surface area contributed by atoms with Gasteiger partial charge in [-0.25, -0.2) is 0 Å². The van der Waals surface area contributed by atoms with Gasteiger partial charge in [-0.15, -0.1) is 0 Å². The number of piperidine rings is 1.